The smallest absolute Gasteiger partial charge is 0.0963 e. The van der Waals surface area contributed by atoms with Gasteiger partial charge in [0.1, 0.15) is 0 Å². The summed E-state index contributed by atoms with van der Waals surface area (Å²) in [5.41, 5.74) is 1.17. The summed E-state index contributed by atoms with van der Waals surface area (Å²) in [6, 6.07) is 8.02. The van der Waals surface area contributed by atoms with E-state index in [4.69, 9.17) is 16.3 Å². The molecule has 2 nitrogen and oxygen atoms in total. The highest BCUT2D eigenvalue weighted by Crippen LogP contribution is 2.29. The van der Waals surface area contributed by atoms with Crippen molar-refractivity contribution >= 4 is 11.6 Å². The monoisotopic (exact) mass is 309 g/mol. The molecule has 21 heavy (non-hydrogen) atoms. The average Bonchev–Trinajstić information content (AvgIpc) is 2.92. The molecule has 0 aromatic heterocycles. The first-order chi connectivity index (χ1) is 9.96. The molecule has 1 aromatic carbocycles. The highest BCUT2D eigenvalue weighted by Gasteiger charge is 2.21. The molecule has 1 unspecified atom stereocenters. The van der Waals surface area contributed by atoms with Crippen LogP contribution in [0.3, 0.4) is 0 Å². The number of hydrogen-bond donors (Lipinski definition) is 1. The molecule has 0 saturated heterocycles. The second-order valence-electron chi connectivity index (χ2n) is 7.12. The molecule has 1 fully saturated rings. The molecule has 0 spiro atoms. The summed E-state index contributed by atoms with van der Waals surface area (Å²) < 4.78 is 6.24. The van der Waals surface area contributed by atoms with Crippen LogP contribution < -0.4 is 5.32 Å². The molecule has 2 rings (SSSR count). The van der Waals surface area contributed by atoms with Crippen LogP contribution in [0, 0.1) is 5.92 Å². The van der Waals surface area contributed by atoms with Crippen molar-refractivity contribution in [2.45, 2.75) is 58.1 Å². The predicted octanol–water partition coefficient (Wildman–Crippen LogP) is 4.98. The zero-order valence-electron chi connectivity index (χ0n) is 13.5. The second kappa shape index (κ2) is 7.62. The van der Waals surface area contributed by atoms with Crippen LogP contribution in [0.4, 0.5) is 0 Å². The first kappa shape index (κ1) is 16.8. The van der Waals surface area contributed by atoms with Gasteiger partial charge in [-0.1, -0.05) is 42.6 Å². The lowest BCUT2D eigenvalue weighted by Gasteiger charge is -2.27. The molecule has 1 aliphatic rings. The Morgan fingerprint density at radius 3 is 2.52 bits per heavy atom. The molecule has 1 saturated carbocycles. The van der Waals surface area contributed by atoms with Crippen LogP contribution in [0.2, 0.25) is 5.02 Å². The highest BCUT2D eigenvalue weighted by atomic mass is 35.5. The van der Waals surface area contributed by atoms with E-state index in [1.807, 2.05) is 18.2 Å². The number of nitrogens with one attached hydrogen (secondary N) is 1. The summed E-state index contributed by atoms with van der Waals surface area (Å²) in [4.78, 5) is 0. The Morgan fingerprint density at radius 2 is 1.90 bits per heavy atom. The second-order valence-corrected chi connectivity index (χ2v) is 7.53. The van der Waals surface area contributed by atoms with Gasteiger partial charge in [-0.2, -0.15) is 0 Å². The zero-order valence-corrected chi connectivity index (χ0v) is 14.2. The summed E-state index contributed by atoms with van der Waals surface area (Å²) >= 11 is 6.36. The van der Waals surface area contributed by atoms with E-state index in [9.17, 15) is 0 Å². The summed E-state index contributed by atoms with van der Waals surface area (Å²) in [6.45, 7) is 8.16. The fourth-order valence-electron chi connectivity index (χ4n) is 2.82. The molecule has 0 amide bonds. The Balaban J connectivity index is 2.00. The van der Waals surface area contributed by atoms with Crippen molar-refractivity contribution in [3.63, 3.8) is 0 Å². The van der Waals surface area contributed by atoms with Gasteiger partial charge in [0.05, 0.1) is 12.7 Å². The van der Waals surface area contributed by atoms with Gasteiger partial charge in [-0.05, 0) is 45.6 Å². The van der Waals surface area contributed by atoms with Crippen molar-refractivity contribution in [2.24, 2.45) is 5.92 Å². The maximum atomic E-state index is 6.36. The van der Waals surface area contributed by atoms with Gasteiger partial charge in [-0.3, -0.25) is 0 Å². The number of ether oxygens (including phenoxy) is 1. The molecule has 0 heterocycles. The first-order valence-corrected chi connectivity index (χ1v) is 8.44. The van der Waals surface area contributed by atoms with Crippen LogP contribution in [-0.4, -0.2) is 18.7 Å². The summed E-state index contributed by atoms with van der Waals surface area (Å²) in [7, 11) is 0. The van der Waals surface area contributed by atoms with Crippen LogP contribution in [0.25, 0.3) is 0 Å². The van der Waals surface area contributed by atoms with Gasteiger partial charge in [0.2, 0.25) is 0 Å². The van der Waals surface area contributed by atoms with E-state index in [1.165, 1.54) is 25.7 Å². The molecule has 0 bridgehead atoms. The number of halogens is 1. The molecule has 0 aliphatic heterocycles. The maximum absolute atomic E-state index is 6.36. The molecule has 3 heteroatoms. The van der Waals surface area contributed by atoms with Crippen molar-refractivity contribution < 1.29 is 4.74 Å². The molecule has 118 valence electrons. The van der Waals surface area contributed by atoms with Crippen molar-refractivity contribution in [1.82, 2.24) is 5.32 Å². The zero-order chi connectivity index (χ0) is 15.3. The third kappa shape index (κ3) is 5.61. The fraction of sp³-hybridized carbons (Fsp3) is 0.667. The Morgan fingerprint density at radius 1 is 1.24 bits per heavy atom. The predicted molar refractivity (Wildman–Crippen MR) is 89.9 cm³/mol. The third-order valence-corrected chi connectivity index (χ3v) is 4.42. The molecule has 1 aliphatic carbocycles. The van der Waals surface area contributed by atoms with Gasteiger partial charge in [0.25, 0.3) is 0 Å². The highest BCUT2D eigenvalue weighted by molar-refractivity contribution is 6.31. The lowest BCUT2D eigenvalue weighted by atomic mass is 10.1. The van der Waals surface area contributed by atoms with Crippen LogP contribution in [0.1, 0.15) is 58.1 Å². The SMILES string of the molecule is CC(C)(C)NCC(OCC1CCCC1)c1ccccc1Cl. The third-order valence-electron chi connectivity index (χ3n) is 4.08. The maximum Gasteiger partial charge on any atom is 0.0963 e. The van der Waals surface area contributed by atoms with Crippen LogP contribution >= 0.6 is 11.6 Å². The minimum atomic E-state index is 0.0264. The fourth-order valence-corrected chi connectivity index (χ4v) is 3.08. The molecule has 1 aromatic rings. The van der Waals surface area contributed by atoms with E-state index >= 15 is 0 Å². The van der Waals surface area contributed by atoms with E-state index in [0.29, 0.717) is 0 Å². The Bertz CT molecular complexity index is 435. The van der Waals surface area contributed by atoms with Gasteiger partial charge < -0.3 is 10.1 Å². The average molecular weight is 310 g/mol. The van der Waals surface area contributed by atoms with E-state index in [-0.39, 0.29) is 11.6 Å². The standard InChI is InChI=1S/C18H28ClNO/c1-18(2,3)20-12-17(15-10-6-7-11-16(15)19)21-13-14-8-4-5-9-14/h6-7,10-11,14,17,20H,4-5,8-9,12-13H2,1-3H3. The summed E-state index contributed by atoms with van der Waals surface area (Å²) in [5.74, 6) is 0.727. The number of rotatable bonds is 6. The van der Waals surface area contributed by atoms with Crippen molar-refractivity contribution in [2.75, 3.05) is 13.2 Å². The van der Waals surface area contributed by atoms with Crippen molar-refractivity contribution in [3.8, 4) is 0 Å². The molecular weight excluding hydrogens is 282 g/mol. The Hall–Kier alpha value is -0.570. The number of hydrogen-bond acceptors (Lipinski definition) is 2. The first-order valence-electron chi connectivity index (χ1n) is 8.07. The van der Waals surface area contributed by atoms with Crippen LogP contribution in [-0.2, 0) is 4.74 Å². The van der Waals surface area contributed by atoms with E-state index in [2.05, 4.69) is 32.2 Å². The van der Waals surface area contributed by atoms with Crippen LogP contribution in [0.15, 0.2) is 24.3 Å². The van der Waals surface area contributed by atoms with Gasteiger partial charge in [-0.15, -0.1) is 0 Å². The van der Waals surface area contributed by atoms with Crippen molar-refractivity contribution in [3.05, 3.63) is 34.9 Å². The normalized spacial score (nSPS) is 18.1. The molecule has 0 radical (unpaired) electrons. The largest absolute Gasteiger partial charge is 0.372 e. The molecule has 1 N–H and O–H groups in total. The summed E-state index contributed by atoms with van der Waals surface area (Å²) in [5, 5.41) is 4.34. The number of benzene rings is 1. The summed E-state index contributed by atoms with van der Waals surface area (Å²) in [6.07, 6.45) is 5.35. The Labute approximate surface area is 134 Å². The quantitative estimate of drug-likeness (QED) is 0.800. The van der Waals surface area contributed by atoms with Gasteiger partial charge >= 0.3 is 0 Å². The minimum absolute atomic E-state index is 0.0264. The lowest BCUT2D eigenvalue weighted by Crippen LogP contribution is -2.39. The lowest BCUT2D eigenvalue weighted by molar-refractivity contribution is 0.0261. The van der Waals surface area contributed by atoms with Crippen molar-refractivity contribution in [1.29, 1.82) is 0 Å². The molecule has 1 atom stereocenters. The Kier molecular flexibility index (Phi) is 6.09. The van der Waals surface area contributed by atoms with Crippen LogP contribution in [0.5, 0.6) is 0 Å². The van der Waals surface area contributed by atoms with Gasteiger partial charge in [0, 0.05) is 22.7 Å². The minimum Gasteiger partial charge on any atom is -0.372 e. The molecular formula is C18H28ClNO. The van der Waals surface area contributed by atoms with Gasteiger partial charge in [0.15, 0.2) is 0 Å². The topological polar surface area (TPSA) is 21.3 Å². The van der Waals surface area contributed by atoms with E-state index in [1.54, 1.807) is 0 Å². The van der Waals surface area contributed by atoms with Gasteiger partial charge in [-0.25, -0.2) is 0 Å². The van der Waals surface area contributed by atoms with E-state index in [0.717, 1.165) is 29.7 Å². The van der Waals surface area contributed by atoms with E-state index < -0.39 is 0 Å².